The average Bonchev–Trinajstić information content (AvgIpc) is 3.36. The Labute approximate surface area is 226 Å². The van der Waals surface area contributed by atoms with E-state index < -0.39 is 0 Å². The van der Waals surface area contributed by atoms with Crippen molar-refractivity contribution in [3.05, 3.63) is 71.0 Å². The Morgan fingerprint density at radius 1 is 1.00 bits per heavy atom. The summed E-state index contributed by atoms with van der Waals surface area (Å²) in [6, 6.07) is 15.0. The minimum Gasteiger partial charge on any atom is -0.493 e. The summed E-state index contributed by atoms with van der Waals surface area (Å²) in [5.41, 5.74) is 4.87. The number of rotatable bonds is 10. The maximum Gasteiger partial charge on any atom is 0.250 e. The van der Waals surface area contributed by atoms with Gasteiger partial charge in [-0.2, -0.15) is 5.10 Å². The molecule has 1 N–H and O–H groups in total. The van der Waals surface area contributed by atoms with Crippen LogP contribution in [0.15, 0.2) is 75.7 Å². The van der Waals surface area contributed by atoms with E-state index >= 15 is 0 Å². The van der Waals surface area contributed by atoms with Crippen molar-refractivity contribution in [3.63, 3.8) is 0 Å². The van der Waals surface area contributed by atoms with Crippen LogP contribution in [0.4, 0.5) is 0 Å². The first-order valence-corrected chi connectivity index (χ1v) is 12.7. The van der Waals surface area contributed by atoms with Crippen molar-refractivity contribution in [2.75, 3.05) is 27.1 Å². The van der Waals surface area contributed by atoms with Crippen molar-refractivity contribution in [2.45, 2.75) is 5.16 Å². The largest absolute Gasteiger partial charge is 0.493 e. The molecule has 0 aliphatic carbocycles. The number of methoxy groups -OCH3 is 3. The van der Waals surface area contributed by atoms with Crippen molar-refractivity contribution >= 4 is 39.8 Å². The van der Waals surface area contributed by atoms with E-state index in [1.807, 2.05) is 41.0 Å². The Hall–Kier alpha value is -3.90. The molecular formula is C25H23BrN6O4S. The van der Waals surface area contributed by atoms with Crippen LogP contribution in [0.1, 0.15) is 5.56 Å². The van der Waals surface area contributed by atoms with Gasteiger partial charge in [-0.25, -0.2) is 5.43 Å². The lowest BCUT2D eigenvalue weighted by Gasteiger charge is -2.13. The fraction of sp³-hybridized carbons (Fsp3) is 0.160. The van der Waals surface area contributed by atoms with Gasteiger partial charge in [-0.15, -0.1) is 10.2 Å². The van der Waals surface area contributed by atoms with Gasteiger partial charge in [0, 0.05) is 33.7 Å². The quantitative estimate of drug-likeness (QED) is 0.167. The molecule has 0 aliphatic rings. The number of benzene rings is 2. The molecule has 0 unspecified atom stereocenters. The molecule has 0 spiro atoms. The molecular weight excluding hydrogens is 560 g/mol. The highest BCUT2D eigenvalue weighted by Gasteiger charge is 2.18. The number of halogens is 1. The van der Waals surface area contributed by atoms with Crippen LogP contribution in [0, 0.1) is 0 Å². The molecule has 0 bridgehead atoms. The van der Waals surface area contributed by atoms with Gasteiger partial charge in [-0.3, -0.25) is 14.3 Å². The predicted molar refractivity (Wildman–Crippen MR) is 145 cm³/mol. The first-order chi connectivity index (χ1) is 18.0. The third-order valence-electron chi connectivity index (χ3n) is 5.12. The van der Waals surface area contributed by atoms with Crippen molar-refractivity contribution in [3.8, 4) is 34.3 Å². The van der Waals surface area contributed by atoms with Gasteiger partial charge in [-0.05, 0) is 48.5 Å². The number of nitrogens with one attached hydrogen (secondary N) is 1. The van der Waals surface area contributed by atoms with Gasteiger partial charge in [0.2, 0.25) is 5.75 Å². The number of amides is 1. The number of hydrazone groups is 1. The molecule has 1 amide bonds. The second-order valence-electron chi connectivity index (χ2n) is 7.36. The Morgan fingerprint density at radius 2 is 1.73 bits per heavy atom. The third kappa shape index (κ3) is 6.09. The van der Waals surface area contributed by atoms with E-state index in [0.717, 1.165) is 15.7 Å². The molecule has 2 aromatic carbocycles. The van der Waals surface area contributed by atoms with Gasteiger partial charge in [-0.1, -0.05) is 27.7 Å². The Bertz CT molecular complexity index is 1400. The summed E-state index contributed by atoms with van der Waals surface area (Å²) in [6.45, 7) is 0. The summed E-state index contributed by atoms with van der Waals surface area (Å²) in [7, 11) is 4.58. The lowest BCUT2D eigenvalue weighted by Crippen LogP contribution is -2.20. The average molecular weight is 583 g/mol. The number of carbonyl (C=O) groups excluding carboxylic acids is 1. The molecule has 0 saturated heterocycles. The predicted octanol–water partition coefficient (Wildman–Crippen LogP) is 4.36. The van der Waals surface area contributed by atoms with Crippen LogP contribution in [0.2, 0.25) is 0 Å². The molecule has 12 heteroatoms. The highest BCUT2D eigenvalue weighted by molar-refractivity contribution is 9.10. The summed E-state index contributed by atoms with van der Waals surface area (Å²) in [5, 5.41) is 13.3. The number of pyridine rings is 1. The standard InChI is InChI=1S/C25H23BrN6O4S/c1-34-20-9-4-17(22(35-2)23(20)36-3)14-28-29-21(33)15-37-25-31-30-24(16-10-12-27-13-11-16)32(25)19-7-5-18(26)6-8-19/h4-14H,15H2,1-3H3,(H,29,33)/b28-14-. The minimum atomic E-state index is -0.309. The smallest absolute Gasteiger partial charge is 0.250 e. The van der Waals surface area contributed by atoms with Crippen LogP contribution in [0.3, 0.4) is 0 Å². The van der Waals surface area contributed by atoms with Crippen LogP contribution in [-0.4, -0.2) is 59.0 Å². The Kier molecular flexibility index (Phi) is 8.75. The molecule has 0 fully saturated rings. The molecule has 0 aliphatic heterocycles. The Balaban J connectivity index is 1.49. The molecule has 10 nitrogen and oxygen atoms in total. The maximum absolute atomic E-state index is 12.6. The number of carbonyl (C=O) groups is 1. The lowest BCUT2D eigenvalue weighted by atomic mass is 10.2. The summed E-state index contributed by atoms with van der Waals surface area (Å²) in [5.74, 6) is 1.82. The summed E-state index contributed by atoms with van der Waals surface area (Å²) >= 11 is 4.71. The number of ether oxygens (including phenoxy) is 3. The SMILES string of the molecule is COc1ccc(/C=N\NC(=O)CSc2nnc(-c3ccncc3)n2-c2ccc(Br)cc2)c(OC)c1OC. The van der Waals surface area contributed by atoms with E-state index in [9.17, 15) is 4.79 Å². The number of thioether (sulfide) groups is 1. The molecule has 4 aromatic rings. The van der Waals surface area contributed by atoms with Crippen LogP contribution in [0.25, 0.3) is 17.1 Å². The minimum absolute atomic E-state index is 0.0748. The van der Waals surface area contributed by atoms with Gasteiger partial charge >= 0.3 is 0 Å². The Morgan fingerprint density at radius 3 is 2.41 bits per heavy atom. The molecule has 0 radical (unpaired) electrons. The highest BCUT2D eigenvalue weighted by Crippen LogP contribution is 2.39. The zero-order valence-corrected chi connectivity index (χ0v) is 22.6. The zero-order chi connectivity index (χ0) is 26.2. The number of aromatic nitrogens is 4. The summed E-state index contributed by atoms with van der Waals surface area (Å²) in [6.07, 6.45) is 4.87. The van der Waals surface area contributed by atoms with Gasteiger partial charge in [0.05, 0.1) is 33.3 Å². The lowest BCUT2D eigenvalue weighted by molar-refractivity contribution is -0.118. The molecule has 2 aromatic heterocycles. The van der Waals surface area contributed by atoms with Crippen molar-refractivity contribution in [1.82, 2.24) is 25.2 Å². The van der Waals surface area contributed by atoms with Crippen LogP contribution in [-0.2, 0) is 4.79 Å². The number of hydrogen-bond acceptors (Lipinski definition) is 9. The first kappa shape index (κ1) is 26.2. The van der Waals surface area contributed by atoms with Crippen molar-refractivity contribution in [1.29, 1.82) is 0 Å². The summed E-state index contributed by atoms with van der Waals surface area (Å²) < 4.78 is 19.0. The molecule has 0 saturated carbocycles. The molecule has 4 rings (SSSR count). The second kappa shape index (κ2) is 12.4. The number of nitrogens with zero attached hydrogens (tertiary/aromatic N) is 5. The van der Waals surface area contributed by atoms with Crippen LogP contribution in [0.5, 0.6) is 17.2 Å². The monoisotopic (exact) mass is 582 g/mol. The second-order valence-corrected chi connectivity index (χ2v) is 9.22. The van der Waals surface area contributed by atoms with Gasteiger partial charge < -0.3 is 14.2 Å². The molecule has 0 atom stereocenters. The first-order valence-electron chi connectivity index (χ1n) is 10.9. The van der Waals surface area contributed by atoms with Gasteiger partial charge in [0.25, 0.3) is 5.91 Å². The van der Waals surface area contributed by atoms with Gasteiger partial charge in [0.15, 0.2) is 22.5 Å². The zero-order valence-electron chi connectivity index (χ0n) is 20.2. The fourth-order valence-electron chi connectivity index (χ4n) is 3.44. The maximum atomic E-state index is 12.6. The van der Waals surface area contributed by atoms with E-state index in [-0.39, 0.29) is 11.7 Å². The molecule has 37 heavy (non-hydrogen) atoms. The van der Waals surface area contributed by atoms with E-state index in [1.165, 1.54) is 32.2 Å². The van der Waals surface area contributed by atoms with Crippen LogP contribution < -0.4 is 19.6 Å². The van der Waals surface area contributed by atoms with E-state index in [2.05, 4.69) is 41.6 Å². The van der Waals surface area contributed by atoms with E-state index in [0.29, 0.717) is 33.8 Å². The van der Waals surface area contributed by atoms with E-state index in [1.54, 1.807) is 31.6 Å². The number of hydrogen-bond donors (Lipinski definition) is 1. The molecule has 190 valence electrons. The van der Waals surface area contributed by atoms with E-state index in [4.69, 9.17) is 14.2 Å². The summed E-state index contributed by atoms with van der Waals surface area (Å²) in [4.78, 5) is 16.6. The van der Waals surface area contributed by atoms with Gasteiger partial charge in [0.1, 0.15) is 0 Å². The van der Waals surface area contributed by atoms with Crippen LogP contribution >= 0.6 is 27.7 Å². The highest BCUT2D eigenvalue weighted by atomic mass is 79.9. The third-order valence-corrected chi connectivity index (χ3v) is 6.57. The van der Waals surface area contributed by atoms with Crippen molar-refractivity contribution < 1.29 is 19.0 Å². The van der Waals surface area contributed by atoms with Crippen molar-refractivity contribution in [2.24, 2.45) is 5.10 Å². The normalized spacial score (nSPS) is 10.9. The fourth-order valence-corrected chi connectivity index (χ4v) is 4.45. The molecule has 2 heterocycles. The topological polar surface area (TPSA) is 113 Å².